The fraction of sp³-hybridized carbons (Fsp3) is 0.111. The Kier molecular flexibility index (Phi) is 3.77. The van der Waals surface area contributed by atoms with Crippen LogP contribution in [0.5, 0.6) is 0 Å². The lowest BCUT2D eigenvalue weighted by atomic mass is 10.1. The van der Waals surface area contributed by atoms with Crippen LogP contribution in [0.4, 0.5) is 5.69 Å². The van der Waals surface area contributed by atoms with Crippen molar-refractivity contribution in [3.8, 4) is 10.6 Å². The Morgan fingerprint density at radius 1 is 1.12 bits per heavy atom. The summed E-state index contributed by atoms with van der Waals surface area (Å²) in [5.74, 6) is -0.123. The summed E-state index contributed by atoms with van der Waals surface area (Å²) < 4.78 is 1.64. The first-order chi connectivity index (χ1) is 12.1. The molecule has 0 saturated carbocycles. The maximum Gasteiger partial charge on any atom is 0.255 e. The Labute approximate surface area is 148 Å². The van der Waals surface area contributed by atoms with E-state index in [4.69, 9.17) is 0 Å². The van der Waals surface area contributed by atoms with E-state index >= 15 is 0 Å². The van der Waals surface area contributed by atoms with E-state index in [1.165, 1.54) is 11.3 Å². The number of aryl methyl sites for hydroxylation is 2. The van der Waals surface area contributed by atoms with E-state index in [2.05, 4.69) is 20.6 Å². The zero-order valence-corrected chi connectivity index (χ0v) is 14.5. The number of carbonyl (C=O) groups is 1. The summed E-state index contributed by atoms with van der Waals surface area (Å²) >= 11 is 1.45. The molecule has 0 saturated heterocycles. The zero-order valence-electron chi connectivity index (χ0n) is 13.7. The molecule has 7 heteroatoms. The first-order valence-corrected chi connectivity index (χ1v) is 8.57. The van der Waals surface area contributed by atoms with Gasteiger partial charge < -0.3 is 5.32 Å². The molecule has 2 aromatic carbocycles. The predicted molar refractivity (Wildman–Crippen MR) is 98.0 cm³/mol. The molecule has 0 spiro atoms. The maximum atomic E-state index is 12.5. The largest absolute Gasteiger partial charge is 0.322 e. The van der Waals surface area contributed by atoms with Crippen molar-refractivity contribution in [2.45, 2.75) is 13.8 Å². The van der Waals surface area contributed by atoms with Crippen LogP contribution in [0.25, 0.3) is 15.5 Å². The van der Waals surface area contributed by atoms with Gasteiger partial charge in [0.15, 0.2) is 0 Å². The van der Waals surface area contributed by atoms with Crippen LogP contribution >= 0.6 is 11.3 Å². The quantitative estimate of drug-likeness (QED) is 0.612. The number of anilines is 1. The smallest absolute Gasteiger partial charge is 0.255 e. The average Bonchev–Trinajstić information content (AvgIpc) is 3.16. The van der Waals surface area contributed by atoms with Crippen LogP contribution in [0.3, 0.4) is 0 Å². The molecule has 0 unspecified atom stereocenters. The lowest BCUT2D eigenvalue weighted by molar-refractivity contribution is 0.102. The van der Waals surface area contributed by atoms with Crippen LogP contribution in [0, 0.1) is 13.8 Å². The van der Waals surface area contributed by atoms with Crippen LogP contribution in [0.15, 0.2) is 48.8 Å². The molecular weight excluding hydrogens is 334 g/mol. The molecule has 25 heavy (non-hydrogen) atoms. The lowest BCUT2D eigenvalue weighted by Crippen LogP contribution is -2.12. The number of fused-ring (bicyclic) bond motifs is 1. The number of nitrogens with one attached hydrogen (secondary N) is 1. The van der Waals surface area contributed by atoms with Gasteiger partial charge in [0.25, 0.3) is 5.91 Å². The highest BCUT2D eigenvalue weighted by Gasteiger charge is 2.11. The Hall–Kier alpha value is -3.06. The first-order valence-electron chi connectivity index (χ1n) is 7.75. The number of amides is 1. The molecule has 0 fully saturated rings. The van der Waals surface area contributed by atoms with E-state index in [1.807, 2.05) is 56.3 Å². The second kappa shape index (κ2) is 6.10. The number of nitrogens with zero attached hydrogens (tertiary/aromatic N) is 4. The zero-order chi connectivity index (χ0) is 17.4. The molecule has 2 aromatic heterocycles. The van der Waals surface area contributed by atoms with Crippen molar-refractivity contribution in [3.63, 3.8) is 0 Å². The number of carbonyl (C=O) groups excluding carboxylic acids is 1. The third kappa shape index (κ3) is 3.14. The Morgan fingerprint density at radius 2 is 1.92 bits per heavy atom. The standard InChI is InChI=1S/C18H15N5OS/c1-11-6-12(2)8-14(7-11)16(24)20-15-5-3-4-13(9-15)17-22-23-10-19-21-18(23)25-17/h3-10H,1-2H3,(H,20,24). The SMILES string of the molecule is Cc1cc(C)cc(C(=O)Nc2cccc(-c3nn4cnnc4s3)c2)c1. The van der Waals surface area contributed by atoms with Gasteiger partial charge in [0.2, 0.25) is 4.96 Å². The monoisotopic (exact) mass is 349 g/mol. The molecule has 4 aromatic rings. The maximum absolute atomic E-state index is 12.5. The molecule has 1 N–H and O–H groups in total. The third-order valence-electron chi connectivity index (χ3n) is 3.74. The van der Waals surface area contributed by atoms with Crippen molar-refractivity contribution in [1.82, 2.24) is 19.8 Å². The number of rotatable bonds is 3. The highest BCUT2D eigenvalue weighted by molar-refractivity contribution is 7.19. The van der Waals surface area contributed by atoms with Crippen LogP contribution in [0.2, 0.25) is 0 Å². The second-order valence-corrected chi connectivity index (χ2v) is 6.83. The van der Waals surface area contributed by atoms with Gasteiger partial charge in [-0.3, -0.25) is 4.79 Å². The van der Waals surface area contributed by atoms with Gasteiger partial charge in [-0.2, -0.15) is 9.61 Å². The topological polar surface area (TPSA) is 72.2 Å². The summed E-state index contributed by atoms with van der Waals surface area (Å²) in [6.07, 6.45) is 1.57. The predicted octanol–water partition coefficient (Wildman–Crippen LogP) is 3.72. The van der Waals surface area contributed by atoms with Crippen LogP contribution < -0.4 is 5.32 Å². The molecule has 6 nitrogen and oxygen atoms in total. The molecule has 0 aliphatic heterocycles. The molecular formula is C18H15N5OS. The van der Waals surface area contributed by atoms with E-state index in [1.54, 1.807) is 10.8 Å². The lowest BCUT2D eigenvalue weighted by Gasteiger charge is -2.08. The molecule has 124 valence electrons. The minimum absolute atomic E-state index is 0.123. The minimum Gasteiger partial charge on any atom is -0.322 e. The van der Waals surface area contributed by atoms with E-state index in [9.17, 15) is 4.79 Å². The number of hydrogen-bond donors (Lipinski definition) is 1. The second-order valence-electron chi connectivity index (χ2n) is 5.88. The van der Waals surface area contributed by atoms with E-state index in [-0.39, 0.29) is 5.91 Å². The summed E-state index contributed by atoms with van der Waals surface area (Å²) in [5.41, 5.74) is 4.44. The molecule has 0 radical (unpaired) electrons. The number of benzene rings is 2. The van der Waals surface area contributed by atoms with Gasteiger partial charge in [-0.05, 0) is 38.1 Å². The van der Waals surface area contributed by atoms with Crippen LogP contribution in [-0.2, 0) is 0 Å². The molecule has 2 heterocycles. The summed E-state index contributed by atoms with van der Waals surface area (Å²) in [7, 11) is 0. The van der Waals surface area contributed by atoms with Gasteiger partial charge in [-0.25, -0.2) is 0 Å². The highest BCUT2D eigenvalue weighted by Crippen LogP contribution is 2.27. The summed E-state index contributed by atoms with van der Waals surface area (Å²) in [5, 5.41) is 16.0. The van der Waals surface area contributed by atoms with Crippen molar-refractivity contribution in [2.24, 2.45) is 0 Å². The highest BCUT2D eigenvalue weighted by atomic mass is 32.1. The summed E-state index contributed by atoms with van der Waals surface area (Å²) in [4.78, 5) is 13.3. The number of aromatic nitrogens is 4. The van der Waals surface area contributed by atoms with Crippen LogP contribution in [0.1, 0.15) is 21.5 Å². The summed E-state index contributed by atoms with van der Waals surface area (Å²) in [6, 6.07) is 13.4. The van der Waals surface area contributed by atoms with E-state index in [0.717, 1.165) is 32.3 Å². The third-order valence-corrected chi connectivity index (χ3v) is 4.70. The van der Waals surface area contributed by atoms with Crippen molar-refractivity contribution >= 4 is 27.9 Å². The molecule has 0 aliphatic carbocycles. The fourth-order valence-corrected chi connectivity index (χ4v) is 3.53. The van der Waals surface area contributed by atoms with Crippen molar-refractivity contribution < 1.29 is 4.79 Å². The van der Waals surface area contributed by atoms with Gasteiger partial charge in [0, 0.05) is 16.8 Å². The molecule has 0 bridgehead atoms. The Balaban J connectivity index is 1.61. The molecule has 0 aliphatic rings. The minimum atomic E-state index is -0.123. The van der Waals surface area contributed by atoms with Crippen LogP contribution in [-0.4, -0.2) is 25.7 Å². The average molecular weight is 349 g/mol. The van der Waals surface area contributed by atoms with Gasteiger partial charge in [0.05, 0.1) is 0 Å². The fourth-order valence-electron chi connectivity index (χ4n) is 2.72. The van der Waals surface area contributed by atoms with E-state index in [0.29, 0.717) is 5.56 Å². The van der Waals surface area contributed by atoms with Crippen molar-refractivity contribution in [2.75, 3.05) is 5.32 Å². The van der Waals surface area contributed by atoms with Gasteiger partial charge in [-0.1, -0.05) is 40.7 Å². The molecule has 4 rings (SSSR count). The Bertz CT molecular complexity index is 1030. The van der Waals surface area contributed by atoms with Crippen molar-refractivity contribution in [3.05, 3.63) is 65.5 Å². The summed E-state index contributed by atoms with van der Waals surface area (Å²) in [6.45, 7) is 3.97. The Morgan fingerprint density at radius 3 is 2.68 bits per heavy atom. The first kappa shape index (κ1) is 15.5. The van der Waals surface area contributed by atoms with Gasteiger partial charge in [0.1, 0.15) is 11.3 Å². The molecule has 1 amide bonds. The number of hydrogen-bond acceptors (Lipinski definition) is 5. The van der Waals surface area contributed by atoms with Gasteiger partial charge in [-0.15, -0.1) is 10.2 Å². The molecule has 0 atom stereocenters. The normalized spacial score (nSPS) is 11.0. The van der Waals surface area contributed by atoms with Crippen molar-refractivity contribution in [1.29, 1.82) is 0 Å². The van der Waals surface area contributed by atoms with E-state index < -0.39 is 0 Å². The van der Waals surface area contributed by atoms with Gasteiger partial charge >= 0.3 is 0 Å².